The minimum Gasteiger partial charge on any atom is -0.497 e. The van der Waals surface area contributed by atoms with Crippen molar-refractivity contribution in [3.63, 3.8) is 0 Å². The highest BCUT2D eigenvalue weighted by Gasteiger charge is 2.32. The van der Waals surface area contributed by atoms with Gasteiger partial charge in [-0.2, -0.15) is 0 Å². The Morgan fingerprint density at radius 3 is 2.00 bits per heavy atom. The van der Waals surface area contributed by atoms with Gasteiger partial charge in [-0.3, -0.25) is 9.59 Å². The predicted molar refractivity (Wildman–Crippen MR) is 134 cm³/mol. The number of nitrogens with zero attached hydrogens (tertiary/aromatic N) is 1. The Hall–Kier alpha value is -4.95. The second-order valence-electron chi connectivity index (χ2n) is 8.23. The fourth-order valence-electron chi connectivity index (χ4n) is 4.32. The van der Waals surface area contributed by atoms with E-state index in [1.807, 2.05) is 48.5 Å². The third kappa shape index (κ3) is 3.49. The van der Waals surface area contributed by atoms with Crippen LogP contribution in [0.3, 0.4) is 0 Å². The summed E-state index contributed by atoms with van der Waals surface area (Å²) >= 11 is 0. The van der Waals surface area contributed by atoms with Gasteiger partial charge >= 0.3 is 0 Å². The Bertz CT molecular complexity index is 1700. The van der Waals surface area contributed by atoms with Crippen molar-refractivity contribution in [2.75, 3.05) is 7.11 Å². The highest BCUT2D eigenvalue weighted by molar-refractivity contribution is 6.31. The number of nitrogens with one attached hydrogen (secondary N) is 1. The Morgan fingerprint density at radius 1 is 0.714 bits per heavy atom. The zero-order valence-electron chi connectivity index (χ0n) is 18.8. The standard InChI is InChI=1S/C30H18N2O3/c1-35-21-14-10-19(11-15-21)7-6-18-8-12-20(13-9-18)30-31-25-17-16-24-26(27(25)32-30)29(34)23-5-3-2-4-22(23)28(24)33/h2-5,8-17H,1H3,(H,31,32). The van der Waals surface area contributed by atoms with Gasteiger partial charge in [0.05, 0.1) is 18.2 Å². The molecule has 6 rings (SSSR count). The SMILES string of the molecule is COc1ccc(C#Cc2ccc(-c3nc4c5c(ccc4[nH]3)C(=O)c3ccccc3C5=O)cc2)cc1. The number of hydrogen-bond donors (Lipinski definition) is 1. The van der Waals surface area contributed by atoms with E-state index in [9.17, 15) is 9.59 Å². The lowest BCUT2D eigenvalue weighted by Crippen LogP contribution is -2.21. The molecule has 0 radical (unpaired) electrons. The van der Waals surface area contributed by atoms with Gasteiger partial charge in [-0.05, 0) is 48.5 Å². The van der Waals surface area contributed by atoms with E-state index in [-0.39, 0.29) is 11.6 Å². The van der Waals surface area contributed by atoms with E-state index in [1.165, 1.54) is 0 Å². The number of benzene rings is 4. The van der Waals surface area contributed by atoms with Gasteiger partial charge in [-0.25, -0.2) is 4.98 Å². The molecule has 0 fully saturated rings. The topological polar surface area (TPSA) is 72.0 Å². The number of aromatic amines is 1. The van der Waals surface area contributed by atoms with Crippen molar-refractivity contribution >= 4 is 22.6 Å². The maximum atomic E-state index is 13.3. The van der Waals surface area contributed by atoms with Crippen LogP contribution in [0.5, 0.6) is 5.75 Å². The number of carbonyl (C=O) groups excluding carboxylic acids is 2. The molecule has 4 aromatic carbocycles. The number of fused-ring (bicyclic) bond motifs is 4. The number of H-pyrrole nitrogens is 1. The fourth-order valence-corrected chi connectivity index (χ4v) is 4.32. The van der Waals surface area contributed by atoms with E-state index in [4.69, 9.17) is 9.72 Å². The number of aromatic nitrogens is 2. The first-order chi connectivity index (χ1) is 17.1. The largest absolute Gasteiger partial charge is 0.497 e. The highest BCUT2D eigenvalue weighted by atomic mass is 16.5. The second-order valence-corrected chi connectivity index (χ2v) is 8.23. The van der Waals surface area contributed by atoms with Crippen LogP contribution in [0.15, 0.2) is 84.9 Å². The van der Waals surface area contributed by atoms with Crippen LogP contribution in [0.4, 0.5) is 0 Å². The zero-order chi connectivity index (χ0) is 23.9. The monoisotopic (exact) mass is 454 g/mol. The average Bonchev–Trinajstić information content (AvgIpc) is 3.35. The molecule has 166 valence electrons. The summed E-state index contributed by atoms with van der Waals surface area (Å²) in [5.41, 5.74) is 5.46. The first-order valence-corrected chi connectivity index (χ1v) is 11.1. The van der Waals surface area contributed by atoms with Gasteiger partial charge in [0.1, 0.15) is 17.1 Å². The van der Waals surface area contributed by atoms with Gasteiger partial charge in [0.2, 0.25) is 0 Å². The summed E-state index contributed by atoms with van der Waals surface area (Å²) in [6.07, 6.45) is 0. The Labute approximate surface area is 201 Å². The third-order valence-corrected chi connectivity index (χ3v) is 6.14. The van der Waals surface area contributed by atoms with Crippen molar-refractivity contribution in [2.45, 2.75) is 0 Å². The summed E-state index contributed by atoms with van der Waals surface area (Å²) < 4.78 is 5.17. The third-order valence-electron chi connectivity index (χ3n) is 6.14. The van der Waals surface area contributed by atoms with Crippen molar-refractivity contribution in [1.82, 2.24) is 9.97 Å². The maximum Gasteiger partial charge on any atom is 0.196 e. The fraction of sp³-hybridized carbons (Fsp3) is 0.0333. The maximum absolute atomic E-state index is 13.3. The first-order valence-electron chi connectivity index (χ1n) is 11.1. The molecule has 5 aromatic rings. The summed E-state index contributed by atoms with van der Waals surface area (Å²) in [6.45, 7) is 0. The minimum absolute atomic E-state index is 0.151. The predicted octanol–water partition coefficient (Wildman–Crippen LogP) is 5.41. The number of ether oxygens (including phenoxy) is 1. The van der Waals surface area contributed by atoms with Crippen LogP contribution < -0.4 is 4.74 Å². The van der Waals surface area contributed by atoms with Crippen LogP contribution >= 0.6 is 0 Å². The Kier molecular flexibility index (Phi) is 4.79. The van der Waals surface area contributed by atoms with Crippen molar-refractivity contribution in [3.8, 4) is 29.0 Å². The average molecular weight is 454 g/mol. The summed E-state index contributed by atoms with van der Waals surface area (Å²) in [5.74, 6) is 7.40. The quantitative estimate of drug-likeness (QED) is 0.355. The zero-order valence-corrected chi connectivity index (χ0v) is 18.8. The van der Waals surface area contributed by atoms with Gasteiger partial charge in [0.15, 0.2) is 11.6 Å². The molecule has 0 aliphatic heterocycles. The van der Waals surface area contributed by atoms with E-state index in [0.717, 1.165) is 22.4 Å². The molecular formula is C30H18N2O3. The van der Waals surface area contributed by atoms with E-state index >= 15 is 0 Å². The van der Waals surface area contributed by atoms with Crippen LogP contribution in [0.2, 0.25) is 0 Å². The van der Waals surface area contributed by atoms with E-state index < -0.39 is 0 Å². The van der Waals surface area contributed by atoms with Crippen LogP contribution in [-0.2, 0) is 0 Å². The molecule has 0 amide bonds. The van der Waals surface area contributed by atoms with Crippen molar-refractivity contribution in [2.24, 2.45) is 0 Å². The van der Waals surface area contributed by atoms with Crippen LogP contribution in [0.1, 0.15) is 43.0 Å². The van der Waals surface area contributed by atoms with Crippen molar-refractivity contribution < 1.29 is 14.3 Å². The lowest BCUT2D eigenvalue weighted by atomic mass is 9.83. The van der Waals surface area contributed by atoms with E-state index in [2.05, 4.69) is 16.8 Å². The lowest BCUT2D eigenvalue weighted by Gasteiger charge is -2.17. The number of hydrogen-bond acceptors (Lipinski definition) is 4. The lowest BCUT2D eigenvalue weighted by molar-refractivity contribution is 0.0980. The molecule has 0 bridgehead atoms. The normalized spacial score (nSPS) is 12.0. The molecule has 1 N–H and O–H groups in total. The second kappa shape index (κ2) is 8.12. The summed E-state index contributed by atoms with van der Waals surface area (Å²) in [6, 6.07) is 25.7. The van der Waals surface area contributed by atoms with Gasteiger partial charge in [-0.1, -0.05) is 48.2 Å². The van der Waals surface area contributed by atoms with Gasteiger partial charge in [0.25, 0.3) is 0 Å². The van der Waals surface area contributed by atoms with E-state index in [1.54, 1.807) is 43.5 Å². The molecule has 5 heteroatoms. The number of carbonyl (C=O) groups is 2. The van der Waals surface area contributed by atoms with Crippen molar-refractivity contribution in [3.05, 3.63) is 118 Å². The molecule has 1 aromatic heterocycles. The first kappa shape index (κ1) is 20.6. The van der Waals surface area contributed by atoms with Crippen LogP contribution in [-0.4, -0.2) is 28.6 Å². The molecule has 0 atom stereocenters. The Balaban J connectivity index is 1.34. The molecule has 0 unspecified atom stereocenters. The van der Waals surface area contributed by atoms with Crippen molar-refractivity contribution in [1.29, 1.82) is 0 Å². The Morgan fingerprint density at radius 2 is 1.34 bits per heavy atom. The molecule has 1 aliphatic carbocycles. The highest BCUT2D eigenvalue weighted by Crippen LogP contribution is 2.33. The molecule has 1 heterocycles. The summed E-state index contributed by atoms with van der Waals surface area (Å²) in [4.78, 5) is 34.3. The molecule has 0 saturated heterocycles. The van der Waals surface area contributed by atoms with E-state index in [0.29, 0.717) is 39.1 Å². The van der Waals surface area contributed by atoms with Gasteiger partial charge in [-0.15, -0.1) is 0 Å². The molecule has 0 saturated carbocycles. The summed E-state index contributed by atoms with van der Waals surface area (Å²) in [5, 5.41) is 0. The number of methoxy groups -OCH3 is 1. The smallest absolute Gasteiger partial charge is 0.196 e. The van der Waals surface area contributed by atoms with Crippen LogP contribution in [0.25, 0.3) is 22.4 Å². The molecule has 35 heavy (non-hydrogen) atoms. The minimum atomic E-state index is -0.178. The number of rotatable bonds is 2. The van der Waals surface area contributed by atoms with Gasteiger partial charge in [0, 0.05) is 33.4 Å². The number of imidazole rings is 1. The van der Waals surface area contributed by atoms with Gasteiger partial charge < -0.3 is 9.72 Å². The summed E-state index contributed by atoms with van der Waals surface area (Å²) in [7, 11) is 1.63. The number of ketones is 2. The van der Waals surface area contributed by atoms with Crippen LogP contribution in [0, 0.1) is 11.8 Å². The molecule has 0 spiro atoms. The molecule has 5 nitrogen and oxygen atoms in total. The molecule has 1 aliphatic rings. The molecular weight excluding hydrogens is 436 g/mol.